The van der Waals surface area contributed by atoms with Crippen LogP contribution in [0.15, 0.2) is 30.7 Å². The van der Waals surface area contributed by atoms with Gasteiger partial charge in [-0.05, 0) is 37.5 Å². The van der Waals surface area contributed by atoms with E-state index in [0.717, 1.165) is 16.9 Å². The van der Waals surface area contributed by atoms with Crippen LogP contribution in [0, 0.1) is 12.7 Å². The monoisotopic (exact) mass is 245 g/mol. The summed E-state index contributed by atoms with van der Waals surface area (Å²) in [5.41, 5.74) is 3.05. The number of aromatic nitrogens is 2. The van der Waals surface area contributed by atoms with Gasteiger partial charge in [0.15, 0.2) is 0 Å². The molecule has 1 saturated carbocycles. The molecule has 0 amide bonds. The summed E-state index contributed by atoms with van der Waals surface area (Å²) >= 11 is 0. The van der Waals surface area contributed by atoms with Gasteiger partial charge in [0.05, 0.1) is 18.6 Å². The highest BCUT2D eigenvalue weighted by atomic mass is 19.1. The zero-order valence-electron chi connectivity index (χ0n) is 10.4. The highest BCUT2D eigenvalue weighted by Gasteiger charge is 2.24. The Balaban J connectivity index is 1.73. The minimum absolute atomic E-state index is 0.209. The first-order valence-electron chi connectivity index (χ1n) is 6.25. The average Bonchev–Trinajstić information content (AvgIpc) is 3.10. The number of hydrogen-bond donors (Lipinski definition) is 1. The Morgan fingerprint density at radius 3 is 3.06 bits per heavy atom. The van der Waals surface area contributed by atoms with Crippen LogP contribution >= 0.6 is 0 Å². The molecule has 2 aromatic rings. The molecule has 1 aliphatic rings. The molecule has 0 atom stereocenters. The minimum Gasteiger partial charge on any atom is -0.379 e. The highest BCUT2D eigenvalue weighted by Crippen LogP contribution is 2.35. The van der Waals surface area contributed by atoms with Crippen molar-refractivity contribution in [3.05, 3.63) is 47.8 Å². The van der Waals surface area contributed by atoms with Crippen LogP contribution in [-0.4, -0.2) is 9.55 Å². The van der Waals surface area contributed by atoms with Crippen molar-refractivity contribution in [1.82, 2.24) is 9.55 Å². The van der Waals surface area contributed by atoms with Gasteiger partial charge in [0, 0.05) is 17.9 Å². The summed E-state index contributed by atoms with van der Waals surface area (Å²) in [6.45, 7) is 2.65. The van der Waals surface area contributed by atoms with Gasteiger partial charge in [-0.2, -0.15) is 0 Å². The highest BCUT2D eigenvalue weighted by molar-refractivity contribution is 5.50. The second-order valence-corrected chi connectivity index (χ2v) is 4.84. The van der Waals surface area contributed by atoms with Crippen LogP contribution in [0.4, 0.5) is 10.1 Å². The number of aryl methyl sites for hydroxylation is 1. The van der Waals surface area contributed by atoms with E-state index in [0.29, 0.717) is 12.6 Å². The number of anilines is 1. The molecule has 1 aromatic heterocycles. The average molecular weight is 245 g/mol. The van der Waals surface area contributed by atoms with Gasteiger partial charge in [-0.1, -0.05) is 6.07 Å². The van der Waals surface area contributed by atoms with Gasteiger partial charge in [0.1, 0.15) is 5.82 Å². The molecule has 1 heterocycles. The SMILES string of the molecule is Cc1ccc(F)cc1NCc1cncn1C1CC1. The lowest BCUT2D eigenvalue weighted by molar-refractivity contribution is 0.627. The summed E-state index contributed by atoms with van der Waals surface area (Å²) in [6, 6.07) is 5.43. The van der Waals surface area contributed by atoms with E-state index in [2.05, 4.69) is 14.9 Å². The standard InChI is InChI=1S/C14H16FN3/c1-10-2-3-11(15)6-14(10)17-8-13-7-16-9-18(13)12-4-5-12/h2-3,6-7,9,12,17H,4-5,8H2,1H3. The van der Waals surface area contributed by atoms with E-state index < -0.39 is 0 Å². The van der Waals surface area contributed by atoms with Crippen LogP contribution in [0.5, 0.6) is 0 Å². The van der Waals surface area contributed by atoms with E-state index in [4.69, 9.17) is 0 Å². The molecular formula is C14H16FN3. The summed E-state index contributed by atoms with van der Waals surface area (Å²) in [5.74, 6) is -0.209. The second kappa shape index (κ2) is 4.44. The molecule has 0 aliphatic heterocycles. The van der Waals surface area contributed by atoms with Crippen LogP contribution in [0.2, 0.25) is 0 Å². The molecule has 0 saturated heterocycles. The molecule has 3 nitrogen and oxygen atoms in total. The predicted octanol–water partition coefficient (Wildman–Crippen LogP) is 3.28. The van der Waals surface area contributed by atoms with Crippen molar-refractivity contribution in [2.24, 2.45) is 0 Å². The number of benzene rings is 1. The van der Waals surface area contributed by atoms with Gasteiger partial charge >= 0.3 is 0 Å². The van der Waals surface area contributed by atoms with Crippen molar-refractivity contribution >= 4 is 5.69 Å². The Morgan fingerprint density at radius 1 is 1.44 bits per heavy atom. The van der Waals surface area contributed by atoms with E-state index in [1.807, 2.05) is 19.4 Å². The largest absolute Gasteiger partial charge is 0.379 e. The van der Waals surface area contributed by atoms with Crippen molar-refractivity contribution in [1.29, 1.82) is 0 Å². The fourth-order valence-corrected chi connectivity index (χ4v) is 2.12. The maximum Gasteiger partial charge on any atom is 0.125 e. The number of nitrogens with one attached hydrogen (secondary N) is 1. The minimum atomic E-state index is -0.209. The molecular weight excluding hydrogens is 229 g/mol. The first-order chi connectivity index (χ1) is 8.74. The van der Waals surface area contributed by atoms with Gasteiger partial charge in [0.25, 0.3) is 0 Å². The summed E-state index contributed by atoms with van der Waals surface area (Å²) in [5, 5.41) is 3.28. The number of rotatable bonds is 4. The molecule has 1 fully saturated rings. The molecule has 0 spiro atoms. The normalized spacial score (nSPS) is 14.8. The summed E-state index contributed by atoms with van der Waals surface area (Å²) in [7, 11) is 0. The Bertz CT molecular complexity index is 558. The lowest BCUT2D eigenvalue weighted by Crippen LogP contribution is -2.06. The smallest absolute Gasteiger partial charge is 0.125 e. The van der Waals surface area contributed by atoms with Crippen molar-refractivity contribution in [2.45, 2.75) is 32.4 Å². The fraction of sp³-hybridized carbons (Fsp3) is 0.357. The Labute approximate surface area is 106 Å². The molecule has 4 heteroatoms. The van der Waals surface area contributed by atoms with E-state index in [9.17, 15) is 4.39 Å². The van der Waals surface area contributed by atoms with E-state index in [1.165, 1.54) is 25.0 Å². The zero-order valence-corrected chi connectivity index (χ0v) is 10.4. The predicted molar refractivity (Wildman–Crippen MR) is 69.0 cm³/mol. The molecule has 0 bridgehead atoms. The van der Waals surface area contributed by atoms with Gasteiger partial charge in [-0.15, -0.1) is 0 Å². The molecule has 18 heavy (non-hydrogen) atoms. The third-order valence-electron chi connectivity index (χ3n) is 3.35. The Hall–Kier alpha value is -1.84. The molecule has 1 N–H and O–H groups in total. The van der Waals surface area contributed by atoms with E-state index >= 15 is 0 Å². The van der Waals surface area contributed by atoms with E-state index in [1.54, 1.807) is 6.07 Å². The van der Waals surface area contributed by atoms with Crippen molar-refractivity contribution < 1.29 is 4.39 Å². The number of hydrogen-bond acceptors (Lipinski definition) is 2. The maximum atomic E-state index is 13.2. The van der Waals surface area contributed by atoms with Gasteiger partial charge < -0.3 is 9.88 Å². The van der Waals surface area contributed by atoms with Gasteiger partial charge in [-0.25, -0.2) is 9.37 Å². The first-order valence-corrected chi connectivity index (χ1v) is 6.25. The molecule has 0 unspecified atom stereocenters. The topological polar surface area (TPSA) is 29.9 Å². The van der Waals surface area contributed by atoms with Crippen LogP contribution in [0.25, 0.3) is 0 Å². The van der Waals surface area contributed by atoms with Crippen molar-refractivity contribution in [3.8, 4) is 0 Å². The van der Waals surface area contributed by atoms with Gasteiger partial charge in [0.2, 0.25) is 0 Å². The number of nitrogens with zero attached hydrogens (tertiary/aromatic N) is 2. The summed E-state index contributed by atoms with van der Waals surface area (Å²) in [4.78, 5) is 4.18. The van der Waals surface area contributed by atoms with Crippen molar-refractivity contribution in [2.75, 3.05) is 5.32 Å². The third kappa shape index (κ3) is 2.23. The lowest BCUT2D eigenvalue weighted by atomic mass is 10.2. The van der Waals surface area contributed by atoms with E-state index in [-0.39, 0.29) is 5.82 Å². The third-order valence-corrected chi connectivity index (χ3v) is 3.35. The number of halogens is 1. The maximum absolute atomic E-state index is 13.2. The lowest BCUT2D eigenvalue weighted by Gasteiger charge is -2.11. The fourth-order valence-electron chi connectivity index (χ4n) is 2.12. The van der Waals surface area contributed by atoms with Crippen LogP contribution < -0.4 is 5.32 Å². The Morgan fingerprint density at radius 2 is 2.28 bits per heavy atom. The molecule has 94 valence electrons. The molecule has 0 radical (unpaired) electrons. The molecule has 1 aliphatic carbocycles. The zero-order chi connectivity index (χ0) is 12.5. The summed E-state index contributed by atoms with van der Waals surface area (Å²) in [6.07, 6.45) is 6.23. The summed E-state index contributed by atoms with van der Waals surface area (Å²) < 4.78 is 15.4. The molecule has 3 rings (SSSR count). The quantitative estimate of drug-likeness (QED) is 0.895. The first kappa shape index (κ1) is 11.3. The van der Waals surface area contributed by atoms with Crippen molar-refractivity contribution in [3.63, 3.8) is 0 Å². The molecule has 1 aromatic carbocycles. The van der Waals surface area contributed by atoms with Crippen LogP contribution in [0.1, 0.15) is 30.1 Å². The second-order valence-electron chi connectivity index (χ2n) is 4.84. The number of imidazole rings is 1. The van der Waals surface area contributed by atoms with Gasteiger partial charge in [-0.3, -0.25) is 0 Å². The Kier molecular flexibility index (Phi) is 2.78. The van der Waals surface area contributed by atoms with Crippen LogP contribution in [0.3, 0.4) is 0 Å². The van der Waals surface area contributed by atoms with Crippen LogP contribution in [-0.2, 0) is 6.54 Å².